The molecule has 7 heteroatoms. The van der Waals surface area contributed by atoms with E-state index >= 15 is 0 Å². The number of rotatable bonds is 3. The van der Waals surface area contributed by atoms with Crippen molar-refractivity contribution in [3.63, 3.8) is 0 Å². The zero-order valence-corrected chi connectivity index (χ0v) is 13.6. The van der Waals surface area contributed by atoms with Crippen LogP contribution in [0.1, 0.15) is 21.5 Å². The van der Waals surface area contributed by atoms with Crippen molar-refractivity contribution in [1.29, 1.82) is 5.26 Å². The van der Waals surface area contributed by atoms with Crippen LogP contribution in [0.4, 0.5) is 11.5 Å². The van der Waals surface area contributed by atoms with E-state index in [-0.39, 0.29) is 23.8 Å². The number of anilines is 2. The van der Waals surface area contributed by atoms with Crippen LogP contribution in [-0.4, -0.2) is 21.6 Å². The van der Waals surface area contributed by atoms with Crippen molar-refractivity contribution in [2.24, 2.45) is 0 Å². The monoisotopic (exact) mass is 343 g/mol. The summed E-state index contributed by atoms with van der Waals surface area (Å²) in [4.78, 5) is 24.1. The summed E-state index contributed by atoms with van der Waals surface area (Å²) in [5.41, 5.74) is 2.90. The second-order valence-corrected chi connectivity index (χ2v) is 5.82. The third-order valence-corrected chi connectivity index (χ3v) is 4.11. The minimum absolute atomic E-state index is 0.0912. The maximum absolute atomic E-state index is 12.7. The van der Waals surface area contributed by atoms with Gasteiger partial charge in [-0.1, -0.05) is 18.2 Å². The third kappa shape index (κ3) is 2.70. The van der Waals surface area contributed by atoms with Gasteiger partial charge < -0.3 is 10.6 Å². The largest absolute Gasteiger partial charge is 0.326 e. The summed E-state index contributed by atoms with van der Waals surface area (Å²) in [6.07, 6.45) is 1.66. The minimum Gasteiger partial charge on any atom is -0.326 e. The van der Waals surface area contributed by atoms with Gasteiger partial charge in [0.05, 0.1) is 18.3 Å². The second kappa shape index (κ2) is 6.18. The Balaban J connectivity index is 1.67. The number of hydrogen-bond donors (Lipinski definition) is 2. The molecule has 1 aromatic heterocycles. The van der Waals surface area contributed by atoms with Gasteiger partial charge in [-0.05, 0) is 35.9 Å². The Kier molecular flexibility index (Phi) is 3.71. The molecule has 2 aromatic carbocycles. The van der Waals surface area contributed by atoms with E-state index in [9.17, 15) is 14.9 Å². The van der Waals surface area contributed by atoms with Gasteiger partial charge in [0.2, 0.25) is 5.91 Å². The van der Waals surface area contributed by atoms with Gasteiger partial charge in [-0.3, -0.25) is 9.59 Å². The van der Waals surface area contributed by atoms with Crippen molar-refractivity contribution in [2.75, 3.05) is 10.6 Å². The van der Waals surface area contributed by atoms with Crippen molar-refractivity contribution >= 4 is 23.3 Å². The molecule has 0 unspecified atom stereocenters. The highest BCUT2D eigenvalue weighted by atomic mass is 16.2. The number of aromatic nitrogens is 2. The molecule has 7 nitrogen and oxygen atoms in total. The lowest BCUT2D eigenvalue weighted by Crippen LogP contribution is -2.16. The van der Waals surface area contributed by atoms with Gasteiger partial charge in [0.15, 0.2) is 5.82 Å². The molecule has 0 saturated heterocycles. The first kappa shape index (κ1) is 15.6. The Bertz CT molecular complexity index is 1060. The number of carbonyl (C=O) groups is 2. The van der Waals surface area contributed by atoms with Crippen LogP contribution < -0.4 is 10.6 Å². The minimum atomic E-state index is -0.374. The number of para-hydroxylation sites is 1. The molecule has 1 aliphatic rings. The fourth-order valence-corrected chi connectivity index (χ4v) is 2.87. The molecule has 2 amide bonds. The number of carbonyl (C=O) groups excluding carboxylic acids is 2. The average Bonchev–Trinajstić information content (AvgIpc) is 3.23. The zero-order chi connectivity index (χ0) is 18.1. The quantitative estimate of drug-likeness (QED) is 0.763. The van der Waals surface area contributed by atoms with Gasteiger partial charge >= 0.3 is 0 Å². The molecule has 0 aliphatic carbocycles. The summed E-state index contributed by atoms with van der Waals surface area (Å²) in [6.45, 7) is 0. The number of nitriles is 1. The number of fused-ring (bicyclic) bond motifs is 1. The molecule has 2 heterocycles. The number of benzene rings is 2. The van der Waals surface area contributed by atoms with E-state index in [0.717, 1.165) is 16.9 Å². The van der Waals surface area contributed by atoms with Crippen LogP contribution in [-0.2, 0) is 11.2 Å². The normalized spacial score (nSPS) is 12.2. The first-order chi connectivity index (χ1) is 12.7. The van der Waals surface area contributed by atoms with Crippen LogP contribution in [0.3, 0.4) is 0 Å². The Morgan fingerprint density at radius 2 is 2.04 bits per heavy atom. The average molecular weight is 343 g/mol. The van der Waals surface area contributed by atoms with Crippen molar-refractivity contribution < 1.29 is 9.59 Å². The SMILES string of the molecule is N#Cc1cnn(-c2ccccc2)c1NC(=O)c1ccc2c(c1)CC(=O)N2. The lowest BCUT2D eigenvalue weighted by Gasteiger charge is -2.10. The van der Waals surface area contributed by atoms with Gasteiger partial charge in [-0.2, -0.15) is 10.4 Å². The molecule has 0 fully saturated rings. The molecule has 1 aliphatic heterocycles. The number of nitrogens with one attached hydrogen (secondary N) is 2. The topological polar surface area (TPSA) is 99.8 Å². The van der Waals surface area contributed by atoms with E-state index in [1.54, 1.807) is 18.2 Å². The highest BCUT2D eigenvalue weighted by molar-refractivity contribution is 6.06. The van der Waals surface area contributed by atoms with Crippen molar-refractivity contribution in [1.82, 2.24) is 9.78 Å². The molecule has 0 radical (unpaired) electrons. The van der Waals surface area contributed by atoms with Crippen LogP contribution in [0.5, 0.6) is 0 Å². The third-order valence-electron chi connectivity index (χ3n) is 4.11. The van der Waals surface area contributed by atoms with Crippen LogP contribution >= 0.6 is 0 Å². The van der Waals surface area contributed by atoms with Crippen molar-refractivity contribution in [2.45, 2.75) is 6.42 Å². The fourth-order valence-electron chi connectivity index (χ4n) is 2.87. The first-order valence-electron chi connectivity index (χ1n) is 7.93. The number of hydrogen-bond acceptors (Lipinski definition) is 4. The predicted octanol–water partition coefficient (Wildman–Crippen LogP) is 2.49. The van der Waals surface area contributed by atoms with Gasteiger partial charge in [0.25, 0.3) is 5.91 Å². The van der Waals surface area contributed by atoms with E-state index in [4.69, 9.17) is 0 Å². The Labute approximate surface area is 148 Å². The van der Waals surface area contributed by atoms with Crippen molar-refractivity contribution in [3.05, 3.63) is 71.4 Å². The van der Waals surface area contributed by atoms with E-state index in [2.05, 4.69) is 15.7 Å². The summed E-state index contributed by atoms with van der Waals surface area (Å²) < 4.78 is 1.51. The van der Waals surface area contributed by atoms with Gasteiger partial charge in [-0.25, -0.2) is 4.68 Å². The Morgan fingerprint density at radius 1 is 1.23 bits per heavy atom. The van der Waals surface area contributed by atoms with Gasteiger partial charge in [-0.15, -0.1) is 0 Å². The molecule has 0 atom stereocenters. The molecule has 0 bridgehead atoms. The summed E-state index contributed by atoms with van der Waals surface area (Å²) in [5.74, 6) is -0.161. The molecule has 126 valence electrons. The van der Waals surface area contributed by atoms with E-state index in [1.165, 1.54) is 10.9 Å². The maximum Gasteiger partial charge on any atom is 0.256 e. The zero-order valence-electron chi connectivity index (χ0n) is 13.6. The highest BCUT2D eigenvalue weighted by Gasteiger charge is 2.21. The van der Waals surface area contributed by atoms with Gasteiger partial charge in [0, 0.05) is 11.3 Å². The van der Waals surface area contributed by atoms with E-state index in [1.807, 2.05) is 36.4 Å². The molecule has 2 N–H and O–H groups in total. The maximum atomic E-state index is 12.7. The molecular weight excluding hydrogens is 330 g/mol. The lowest BCUT2D eigenvalue weighted by molar-refractivity contribution is -0.115. The molecular formula is C19H13N5O2. The van der Waals surface area contributed by atoms with E-state index < -0.39 is 0 Å². The lowest BCUT2D eigenvalue weighted by atomic mass is 10.1. The van der Waals surface area contributed by atoms with Crippen LogP contribution in [0.2, 0.25) is 0 Å². The van der Waals surface area contributed by atoms with Gasteiger partial charge in [0.1, 0.15) is 11.6 Å². The summed E-state index contributed by atoms with van der Waals surface area (Å²) in [7, 11) is 0. The molecule has 0 saturated carbocycles. The van der Waals surface area contributed by atoms with Crippen LogP contribution in [0.15, 0.2) is 54.7 Å². The summed E-state index contributed by atoms with van der Waals surface area (Å²) >= 11 is 0. The highest BCUT2D eigenvalue weighted by Crippen LogP contribution is 2.25. The first-order valence-corrected chi connectivity index (χ1v) is 7.93. The predicted molar refractivity (Wildman–Crippen MR) is 95.0 cm³/mol. The summed E-state index contributed by atoms with van der Waals surface area (Å²) in [5, 5.41) is 19.0. The van der Waals surface area contributed by atoms with Crippen LogP contribution in [0.25, 0.3) is 5.69 Å². The Morgan fingerprint density at radius 3 is 2.81 bits per heavy atom. The standard InChI is InChI=1S/C19H13N5O2/c20-10-14-11-21-24(15-4-2-1-3-5-15)18(14)23-19(26)12-6-7-16-13(8-12)9-17(25)22-16/h1-8,11H,9H2,(H,22,25)(H,23,26). The number of amides is 2. The molecule has 3 aromatic rings. The Hall–Kier alpha value is -3.92. The van der Waals surface area contributed by atoms with E-state index in [0.29, 0.717) is 11.4 Å². The number of nitrogens with zero attached hydrogens (tertiary/aromatic N) is 3. The molecule has 0 spiro atoms. The fraction of sp³-hybridized carbons (Fsp3) is 0.0526. The molecule has 26 heavy (non-hydrogen) atoms. The van der Waals surface area contributed by atoms with Crippen molar-refractivity contribution in [3.8, 4) is 11.8 Å². The smallest absolute Gasteiger partial charge is 0.256 e. The van der Waals surface area contributed by atoms with Crippen LogP contribution in [0, 0.1) is 11.3 Å². The molecule has 4 rings (SSSR count). The second-order valence-electron chi connectivity index (χ2n) is 5.82. The summed E-state index contributed by atoms with van der Waals surface area (Å²) in [6, 6.07) is 16.3.